The van der Waals surface area contributed by atoms with Crippen LogP contribution in [0.1, 0.15) is 48.7 Å². The molecular formula is C39H45N5O10S4. The van der Waals surface area contributed by atoms with E-state index in [4.69, 9.17) is 24.7 Å². The minimum Gasteiger partial charge on any atom is -0.508 e. The molecule has 2 aliphatic heterocycles. The van der Waals surface area contributed by atoms with E-state index in [1.165, 1.54) is 62.1 Å². The van der Waals surface area contributed by atoms with Crippen molar-refractivity contribution in [2.45, 2.75) is 67.2 Å². The predicted molar refractivity (Wildman–Crippen MR) is 224 cm³/mol. The fourth-order valence-electron chi connectivity index (χ4n) is 6.97. The van der Waals surface area contributed by atoms with Gasteiger partial charge in [-0.1, -0.05) is 33.7 Å². The molecule has 3 unspecified atom stereocenters. The first-order valence-corrected chi connectivity index (χ1v) is 22.9. The molecule has 0 spiro atoms. The number of imidazole rings is 1. The number of aromatic nitrogens is 3. The van der Waals surface area contributed by atoms with Crippen molar-refractivity contribution >= 4 is 78.9 Å². The van der Waals surface area contributed by atoms with Gasteiger partial charge in [0.2, 0.25) is 11.1 Å². The number of thioether (sulfide) groups is 1. The zero-order valence-electron chi connectivity index (χ0n) is 32.8. The van der Waals surface area contributed by atoms with Crippen LogP contribution in [0.5, 0.6) is 17.2 Å². The van der Waals surface area contributed by atoms with E-state index in [1.807, 2.05) is 27.7 Å². The quantitative estimate of drug-likeness (QED) is 0.0596. The first-order chi connectivity index (χ1) is 27.7. The van der Waals surface area contributed by atoms with Gasteiger partial charge in [-0.2, -0.15) is 0 Å². The number of nitrogens with two attached hydrogens (primary N) is 1. The number of amides is 1. The second kappa shape index (κ2) is 18.3. The lowest BCUT2D eigenvalue weighted by Gasteiger charge is -2.44. The first kappa shape index (κ1) is 43.3. The van der Waals surface area contributed by atoms with Gasteiger partial charge in [-0.3, -0.25) is 18.8 Å². The number of esters is 1. The van der Waals surface area contributed by atoms with E-state index in [2.05, 4.69) is 9.97 Å². The largest absolute Gasteiger partial charge is 0.508 e. The maximum absolute atomic E-state index is 13.7. The number of methoxy groups -OCH3 is 2. The SMILES string of the molecule is COc1ccc2c(c1)nc(S(=O)Cc1ncc(C)c(OC)c1C)n2C(=O)OCCSSCCOC(=O)C1N2C(=O)[C@@H](CC(=O)C(N)c3ccc(O)cc3)[C@H]2SC1(C)C. The van der Waals surface area contributed by atoms with E-state index in [-0.39, 0.29) is 53.4 Å². The summed E-state index contributed by atoms with van der Waals surface area (Å²) in [5.41, 5.74) is 9.69. The number of nitrogens with zero attached hydrogens (tertiary/aromatic N) is 4. The van der Waals surface area contributed by atoms with Crippen LogP contribution in [0.3, 0.4) is 0 Å². The first-order valence-electron chi connectivity index (χ1n) is 18.3. The van der Waals surface area contributed by atoms with Gasteiger partial charge in [0.25, 0.3) is 0 Å². The number of benzene rings is 2. The normalized spacial score (nSPS) is 19.3. The van der Waals surface area contributed by atoms with Crippen LogP contribution in [0.15, 0.2) is 53.8 Å². The van der Waals surface area contributed by atoms with Crippen molar-refractivity contribution in [3.8, 4) is 17.2 Å². The molecule has 0 saturated carbocycles. The van der Waals surface area contributed by atoms with Crippen molar-refractivity contribution in [2.75, 3.05) is 38.9 Å². The van der Waals surface area contributed by atoms with Crippen LogP contribution < -0.4 is 15.2 Å². The summed E-state index contributed by atoms with van der Waals surface area (Å²) in [5.74, 6) is 0.432. The van der Waals surface area contributed by atoms with Gasteiger partial charge in [-0.25, -0.2) is 19.1 Å². The smallest absolute Gasteiger partial charge is 0.420 e. The molecule has 2 saturated heterocycles. The number of aryl methyl sites for hydroxylation is 1. The molecule has 4 heterocycles. The third kappa shape index (κ3) is 8.97. The number of β-lactam (4-membered cyclic amide) rings is 1. The Morgan fingerprint density at radius 2 is 1.72 bits per heavy atom. The van der Waals surface area contributed by atoms with Crippen LogP contribution in [0.25, 0.3) is 11.0 Å². The molecule has 2 aliphatic rings. The molecule has 0 aliphatic carbocycles. The fourth-order valence-corrected chi connectivity index (χ4v) is 11.5. The zero-order valence-corrected chi connectivity index (χ0v) is 36.1. The molecule has 5 atom stereocenters. The summed E-state index contributed by atoms with van der Waals surface area (Å²) in [7, 11) is 4.16. The van der Waals surface area contributed by atoms with Crippen molar-refractivity contribution in [3.05, 3.63) is 71.0 Å². The molecule has 0 radical (unpaired) electrons. The van der Waals surface area contributed by atoms with Gasteiger partial charge >= 0.3 is 12.1 Å². The maximum atomic E-state index is 13.7. The molecule has 2 fully saturated rings. The molecule has 1 amide bonds. The van der Waals surface area contributed by atoms with Crippen LogP contribution in [-0.4, -0.2) is 108 Å². The van der Waals surface area contributed by atoms with Crippen LogP contribution in [-0.2, 0) is 40.4 Å². The minimum absolute atomic E-state index is 0.000996. The van der Waals surface area contributed by atoms with Gasteiger partial charge < -0.3 is 34.7 Å². The van der Waals surface area contributed by atoms with Crippen molar-refractivity contribution in [3.63, 3.8) is 0 Å². The molecule has 2 aromatic heterocycles. The van der Waals surface area contributed by atoms with E-state index in [0.29, 0.717) is 45.3 Å². The highest BCUT2D eigenvalue weighted by Crippen LogP contribution is 2.54. The van der Waals surface area contributed by atoms with Crippen LogP contribution in [0.4, 0.5) is 4.79 Å². The summed E-state index contributed by atoms with van der Waals surface area (Å²) in [4.78, 5) is 63.5. The van der Waals surface area contributed by atoms with Gasteiger partial charge in [-0.15, -0.1) is 11.8 Å². The lowest BCUT2D eigenvalue weighted by molar-refractivity contribution is -0.167. The Bertz CT molecular complexity index is 2230. The third-order valence-corrected chi connectivity index (χ3v) is 15.1. The molecule has 3 N–H and O–H groups in total. The van der Waals surface area contributed by atoms with Gasteiger partial charge in [0.15, 0.2) is 5.78 Å². The number of carbonyl (C=O) groups excluding carboxylic acids is 4. The Kier molecular flexibility index (Phi) is 13.7. The lowest BCUT2D eigenvalue weighted by atomic mass is 9.86. The molecule has 310 valence electrons. The average Bonchev–Trinajstić information content (AvgIpc) is 3.71. The molecule has 15 nitrogen and oxygen atoms in total. The van der Waals surface area contributed by atoms with E-state index in [0.717, 1.165) is 11.1 Å². The van der Waals surface area contributed by atoms with Gasteiger partial charge in [-0.05, 0) is 57.5 Å². The second-order valence-electron chi connectivity index (χ2n) is 14.2. The Labute approximate surface area is 350 Å². The maximum Gasteiger partial charge on any atom is 0.420 e. The molecule has 6 rings (SSSR count). The van der Waals surface area contributed by atoms with Crippen molar-refractivity contribution in [1.82, 2.24) is 19.4 Å². The number of ketones is 1. The van der Waals surface area contributed by atoms with E-state index >= 15 is 0 Å². The van der Waals surface area contributed by atoms with Crippen LogP contribution >= 0.6 is 33.3 Å². The number of hydrogen-bond acceptors (Lipinski definition) is 16. The highest BCUT2D eigenvalue weighted by molar-refractivity contribution is 8.76. The molecular weight excluding hydrogens is 827 g/mol. The number of rotatable bonds is 17. The summed E-state index contributed by atoms with van der Waals surface area (Å²) in [6, 6.07) is 9.32. The lowest BCUT2D eigenvalue weighted by Crippen LogP contribution is -2.63. The number of aromatic hydroxyl groups is 1. The van der Waals surface area contributed by atoms with Gasteiger partial charge in [0.05, 0.1) is 64.8 Å². The number of phenolic OH excluding ortho intramolecular Hbond substituents is 1. The Morgan fingerprint density at radius 3 is 2.40 bits per heavy atom. The summed E-state index contributed by atoms with van der Waals surface area (Å²) < 4.78 is 36.4. The number of pyridine rings is 1. The molecule has 19 heteroatoms. The minimum atomic E-state index is -1.78. The highest BCUT2D eigenvalue weighted by atomic mass is 33.1. The standard InChI is InChI=1S/C39H45N5O10S4/c1-21-19-41-28(22(2)32(21)52-6)20-58(50)37-42-27-17-25(51-5)11-12-29(27)43(37)38(49)54-14-16-56-55-15-13-53-36(48)33-39(3,4)57-35-26(34(47)44(33)35)18-30(46)31(40)23-7-9-24(45)10-8-23/h7-12,17,19,26,31,33,35,45H,13-16,18,20,40H2,1-6H3/t26-,31?,33?,35-,58?/m1/s1. The molecule has 0 bridgehead atoms. The predicted octanol–water partition coefficient (Wildman–Crippen LogP) is 5.33. The Hall–Kier alpha value is -4.30. The summed E-state index contributed by atoms with van der Waals surface area (Å²) in [6.07, 6.45) is 0.872. The van der Waals surface area contributed by atoms with Crippen molar-refractivity contribution < 1.29 is 47.4 Å². The van der Waals surface area contributed by atoms with Crippen LogP contribution in [0.2, 0.25) is 0 Å². The number of hydrogen-bond donors (Lipinski definition) is 2. The molecule has 58 heavy (non-hydrogen) atoms. The summed E-state index contributed by atoms with van der Waals surface area (Å²) >= 11 is 1.47. The Balaban J connectivity index is 0.968. The Morgan fingerprint density at radius 1 is 1.03 bits per heavy atom. The van der Waals surface area contributed by atoms with Crippen LogP contribution in [0, 0.1) is 19.8 Å². The average molecular weight is 872 g/mol. The zero-order chi connectivity index (χ0) is 41.9. The molecule has 4 aromatic rings. The number of ether oxygens (including phenoxy) is 4. The topological polar surface area (TPSA) is 202 Å². The van der Waals surface area contributed by atoms with E-state index < -0.39 is 45.6 Å². The monoisotopic (exact) mass is 871 g/mol. The summed E-state index contributed by atoms with van der Waals surface area (Å²) in [5, 5.41) is 9.21. The second-order valence-corrected chi connectivity index (χ2v) is 20.0. The highest BCUT2D eigenvalue weighted by Gasteiger charge is 2.64. The van der Waals surface area contributed by atoms with E-state index in [1.54, 1.807) is 43.6 Å². The van der Waals surface area contributed by atoms with Crippen molar-refractivity contribution in [1.29, 1.82) is 0 Å². The third-order valence-electron chi connectivity index (χ3n) is 9.92. The van der Waals surface area contributed by atoms with Gasteiger partial charge in [0, 0.05) is 46.1 Å². The number of phenols is 1. The van der Waals surface area contributed by atoms with Gasteiger partial charge in [0.1, 0.15) is 36.5 Å². The van der Waals surface area contributed by atoms with E-state index in [9.17, 15) is 28.5 Å². The van der Waals surface area contributed by atoms with Crippen molar-refractivity contribution in [2.24, 2.45) is 11.7 Å². The number of carbonyl (C=O) groups is 4. The number of Topliss-reactive ketones (excluding diaryl/α,β-unsaturated/α-hetero) is 1. The molecule has 2 aromatic carbocycles. The summed E-state index contributed by atoms with van der Waals surface area (Å²) in [6.45, 7) is 7.62. The number of fused-ring (bicyclic) bond motifs is 2. The fraction of sp³-hybridized carbons (Fsp3) is 0.436.